The summed E-state index contributed by atoms with van der Waals surface area (Å²) >= 11 is 0. The van der Waals surface area contributed by atoms with Gasteiger partial charge >= 0.3 is 0 Å². The number of nitrogens with one attached hydrogen (secondary N) is 1. The summed E-state index contributed by atoms with van der Waals surface area (Å²) in [5, 5.41) is 3.32. The molecule has 0 aliphatic carbocycles. The van der Waals surface area contributed by atoms with Gasteiger partial charge in [-0.3, -0.25) is 4.90 Å². The Morgan fingerprint density at radius 2 is 1.65 bits per heavy atom. The summed E-state index contributed by atoms with van der Waals surface area (Å²) in [6.45, 7) is 2.10. The molecule has 1 heterocycles. The molecule has 2 nitrogen and oxygen atoms in total. The monoisotopic (exact) mass is 266 g/mol. The first-order valence-electron chi connectivity index (χ1n) is 7.37. The number of nitrogens with zero attached hydrogens (tertiary/aromatic N) is 1. The number of benzene rings is 2. The molecule has 0 bridgehead atoms. The van der Waals surface area contributed by atoms with Crippen LogP contribution in [0.4, 0.5) is 0 Å². The SMILES string of the molecule is CNCC1CC(c2ccccc2)N1Cc1ccccc1. The molecule has 1 saturated heterocycles. The van der Waals surface area contributed by atoms with Crippen molar-refractivity contribution in [2.45, 2.75) is 25.0 Å². The highest BCUT2D eigenvalue weighted by atomic mass is 15.3. The van der Waals surface area contributed by atoms with Crippen molar-refractivity contribution >= 4 is 0 Å². The van der Waals surface area contributed by atoms with Crippen LogP contribution >= 0.6 is 0 Å². The molecule has 2 heteroatoms. The Morgan fingerprint density at radius 3 is 2.30 bits per heavy atom. The van der Waals surface area contributed by atoms with Crippen molar-refractivity contribution in [1.82, 2.24) is 10.2 Å². The molecule has 1 N–H and O–H groups in total. The Labute approximate surface area is 121 Å². The van der Waals surface area contributed by atoms with Crippen molar-refractivity contribution in [1.29, 1.82) is 0 Å². The van der Waals surface area contributed by atoms with E-state index >= 15 is 0 Å². The Balaban J connectivity index is 1.75. The zero-order valence-electron chi connectivity index (χ0n) is 12.0. The number of likely N-dealkylation sites (N-methyl/N-ethyl adjacent to an activating group) is 1. The Morgan fingerprint density at radius 1 is 1.00 bits per heavy atom. The predicted molar refractivity (Wildman–Crippen MR) is 83.5 cm³/mol. The second-order valence-electron chi connectivity index (χ2n) is 5.53. The van der Waals surface area contributed by atoms with Gasteiger partial charge in [-0.15, -0.1) is 0 Å². The lowest BCUT2D eigenvalue weighted by atomic mass is 9.86. The summed E-state index contributed by atoms with van der Waals surface area (Å²) in [5.74, 6) is 0. The van der Waals surface area contributed by atoms with Gasteiger partial charge in [0, 0.05) is 25.2 Å². The van der Waals surface area contributed by atoms with Crippen LogP contribution in [-0.4, -0.2) is 24.5 Å². The lowest BCUT2D eigenvalue weighted by molar-refractivity contribution is 0.00676. The highest BCUT2D eigenvalue weighted by molar-refractivity contribution is 5.24. The lowest BCUT2D eigenvalue weighted by Gasteiger charge is -2.49. The molecule has 1 aliphatic heterocycles. The Bertz CT molecular complexity index is 524. The van der Waals surface area contributed by atoms with Gasteiger partial charge in [0.15, 0.2) is 0 Å². The van der Waals surface area contributed by atoms with E-state index in [1.807, 2.05) is 7.05 Å². The maximum Gasteiger partial charge on any atom is 0.0370 e. The van der Waals surface area contributed by atoms with E-state index in [9.17, 15) is 0 Å². The van der Waals surface area contributed by atoms with Crippen LogP contribution in [0.5, 0.6) is 0 Å². The van der Waals surface area contributed by atoms with Crippen molar-refractivity contribution < 1.29 is 0 Å². The van der Waals surface area contributed by atoms with Gasteiger partial charge in [-0.2, -0.15) is 0 Å². The van der Waals surface area contributed by atoms with Crippen molar-refractivity contribution in [3.8, 4) is 0 Å². The van der Waals surface area contributed by atoms with Crippen LogP contribution in [0.25, 0.3) is 0 Å². The summed E-state index contributed by atoms with van der Waals surface area (Å²) < 4.78 is 0. The molecule has 1 aliphatic rings. The molecule has 2 aromatic rings. The number of rotatable bonds is 5. The first-order valence-corrected chi connectivity index (χ1v) is 7.37. The molecule has 2 aromatic carbocycles. The number of hydrogen-bond acceptors (Lipinski definition) is 2. The molecule has 0 radical (unpaired) electrons. The number of likely N-dealkylation sites (tertiary alicyclic amines) is 1. The van der Waals surface area contributed by atoms with Gasteiger partial charge < -0.3 is 5.32 Å². The second kappa shape index (κ2) is 6.21. The fraction of sp³-hybridized carbons (Fsp3) is 0.333. The van der Waals surface area contributed by atoms with E-state index in [1.54, 1.807) is 0 Å². The molecular formula is C18H22N2. The fourth-order valence-corrected chi connectivity index (χ4v) is 3.12. The maximum absolute atomic E-state index is 3.32. The number of hydrogen-bond donors (Lipinski definition) is 1. The molecule has 3 rings (SSSR count). The molecular weight excluding hydrogens is 244 g/mol. The van der Waals surface area contributed by atoms with Crippen molar-refractivity contribution in [2.24, 2.45) is 0 Å². The molecule has 0 spiro atoms. The van der Waals surface area contributed by atoms with Gasteiger partial charge in [-0.25, -0.2) is 0 Å². The molecule has 1 fully saturated rings. The minimum Gasteiger partial charge on any atom is -0.318 e. The third-order valence-electron chi connectivity index (χ3n) is 4.20. The molecule has 2 unspecified atom stereocenters. The maximum atomic E-state index is 3.32. The Kier molecular flexibility index (Phi) is 4.14. The highest BCUT2D eigenvalue weighted by Gasteiger charge is 2.38. The molecule has 0 saturated carbocycles. The minimum atomic E-state index is 0.565. The molecule has 0 aromatic heterocycles. The predicted octanol–water partition coefficient (Wildman–Crippen LogP) is 3.22. The summed E-state index contributed by atoms with van der Waals surface area (Å²) in [4.78, 5) is 2.61. The zero-order chi connectivity index (χ0) is 13.8. The molecule has 2 atom stereocenters. The first-order chi connectivity index (χ1) is 9.88. The van der Waals surface area contributed by atoms with Gasteiger partial charge in [0.25, 0.3) is 0 Å². The summed E-state index contributed by atoms with van der Waals surface area (Å²) in [6.07, 6.45) is 1.25. The van der Waals surface area contributed by atoms with E-state index in [-0.39, 0.29) is 0 Å². The molecule has 20 heavy (non-hydrogen) atoms. The van der Waals surface area contributed by atoms with Crippen LogP contribution in [0.1, 0.15) is 23.6 Å². The largest absolute Gasteiger partial charge is 0.318 e. The van der Waals surface area contributed by atoms with Crippen LogP contribution < -0.4 is 5.32 Å². The minimum absolute atomic E-state index is 0.565. The van der Waals surface area contributed by atoms with Gasteiger partial charge in [0.05, 0.1) is 0 Å². The van der Waals surface area contributed by atoms with E-state index < -0.39 is 0 Å². The zero-order valence-corrected chi connectivity index (χ0v) is 12.0. The van der Waals surface area contributed by atoms with Gasteiger partial charge in [0.1, 0.15) is 0 Å². The smallest absolute Gasteiger partial charge is 0.0370 e. The molecule has 0 amide bonds. The lowest BCUT2D eigenvalue weighted by Crippen LogP contribution is -2.53. The van der Waals surface area contributed by atoms with Gasteiger partial charge in [-0.05, 0) is 24.6 Å². The van der Waals surface area contributed by atoms with E-state index in [4.69, 9.17) is 0 Å². The first kappa shape index (κ1) is 13.3. The van der Waals surface area contributed by atoms with E-state index in [0.29, 0.717) is 12.1 Å². The average molecular weight is 266 g/mol. The standard InChI is InChI=1S/C18H22N2/c1-19-13-17-12-18(16-10-6-3-7-11-16)20(17)14-15-8-4-2-5-9-15/h2-11,17-19H,12-14H2,1H3. The third-order valence-corrected chi connectivity index (χ3v) is 4.20. The van der Waals surface area contributed by atoms with Crippen LogP contribution in [0.3, 0.4) is 0 Å². The highest BCUT2D eigenvalue weighted by Crippen LogP contribution is 2.39. The fourth-order valence-electron chi connectivity index (χ4n) is 3.12. The second-order valence-corrected chi connectivity index (χ2v) is 5.53. The van der Waals surface area contributed by atoms with E-state index in [1.165, 1.54) is 17.5 Å². The summed E-state index contributed by atoms with van der Waals surface area (Å²) in [5.41, 5.74) is 2.84. The quantitative estimate of drug-likeness (QED) is 0.894. The average Bonchev–Trinajstić information content (AvgIpc) is 2.51. The van der Waals surface area contributed by atoms with Crippen LogP contribution in [0, 0.1) is 0 Å². The summed E-state index contributed by atoms with van der Waals surface area (Å²) in [6, 6.07) is 22.8. The van der Waals surface area contributed by atoms with E-state index in [0.717, 1.165) is 13.1 Å². The van der Waals surface area contributed by atoms with Crippen molar-refractivity contribution in [3.63, 3.8) is 0 Å². The van der Waals surface area contributed by atoms with Gasteiger partial charge in [0.2, 0.25) is 0 Å². The van der Waals surface area contributed by atoms with Crippen molar-refractivity contribution in [2.75, 3.05) is 13.6 Å². The topological polar surface area (TPSA) is 15.3 Å². The summed E-state index contributed by atoms with van der Waals surface area (Å²) in [7, 11) is 2.04. The van der Waals surface area contributed by atoms with Crippen molar-refractivity contribution in [3.05, 3.63) is 71.8 Å². The van der Waals surface area contributed by atoms with Gasteiger partial charge in [-0.1, -0.05) is 60.7 Å². The van der Waals surface area contributed by atoms with E-state index in [2.05, 4.69) is 70.9 Å². The van der Waals surface area contributed by atoms with Crippen LogP contribution in [0.2, 0.25) is 0 Å². The molecule has 104 valence electrons. The van der Waals surface area contributed by atoms with Crippen LogP contribution in [-0.2, 0) is 6.54 Å². The van der Waals surface area contributed by atoms with Crippen LogP contribution in [0.15, 0.2) is 60.7 Å². The Hall–Kier alpha value is -1.64. The third kappa shape index (κ3) is 2.77. The normalized spacial score (nSPS) is 22.4.